The number of nitro groups is 1. The number of aryl methyl sites for hydroxylation is 1. The quantitative estimate of drug-likeness (QED) is 0.168. The zero-order chi connectivity index (χ0) is 21.6. The fourth-order valence-electron chi connectivity index (χ4n) is 3.90. The van der Waals surface area contributed by atoms with Crippen LogP contribution in [-0.4, -0.2) is 4.92 Å². The Morgan fingerprint density at radius 1 is 0.742 bits per heavy atom. The number of fused-ring (bicyclic) bond motifs is 1. The number of benzene rings is 4. The van der Waals surface area contributed by atoms with Gasteiger partial charge in [-0.3, -0.25) is 10.1 Å². The molecule has 0 bridgehead atoms. The molecule has 4 aromatic carbocycles. The van der Waals surface area contributed by atoms with Gasteiger partial charge in [0.2, 0.25) is 0 Å². The van der Waals surface area contributed by atoms with Gasteiger partial charge in [0, 0.05) is 29.2 Å². The fraction of sp³-hybridized carbons (Fsp3) is 0.185. The van der Waals surface area contributed by atoms with Gasteiger partial charge in [-0.15, -0.1) is 0 Å². The Kier molecular flexibility index (Phi) is 6.27. The van der Waals surface area contributed by atoms with Gasteiger partial charge in [-0.1, -0.05) is 62.2 Å². The first-order valence-corrected chi connectivity index (χ1v) is 10.8. The summed E-state index contributed by atoms with van der Waals surface area (Å²) in [4.78, 5) is 12.8. The zero-order valence-corrected chi connectivity index (χ0v) is 17.7. The number of unbranched alkanes of at least 4 members (excludes halogenated alkanes) is 2. The smallest absolute Gasteiger partial charge is 0.269 e. The molecule has 4 heteroatoms. The van der Waals surface area contributed by atoms with Crippen molar-refractivity contribution in [3.63, 3.8) is 0 Å². The van der Waals surface area contributed by atoms with Gasteiger partial charge in [0.1, 0.15) is 0 Å². The molecule has 156 valence electrons. The molecule has 4 rings (SSSR count). The molecule has 4 aromatic rings. The third-order valence-electron chi connectivity index (χ3n) is 5.55. The highest BCUT2D eigenvalue weighted by Crippen LogP contribution is 2.36. The summed E-state index contributed by atoms with van der Waals surface area (Å²) in [6.07, 6.45) is 4.83. The fourth-order valence-corrected chi connectivity index (χ4v) is 3.90. The molecule has 0 saturated carbocycles. The number of hydrogen-bond donors (Lipinski definition) is 0. The highest BCUT2D eigenvalue weighted by atomic mass is 16.6. The second-order valence-corrected chi connectivity index (χ2v) is 7.77. The predicted octanol–water partition coefficient (Wildman–Crippen LogP) is 7.95. The lowest BCUT2D eigenvalue weighted by Crippen LogP contribution is -2.09. The molecular weight excluding hydrogens is 384 g/mol. The molecule has 0 unspecified atom stereocenters. The van der Waals surface area contributed by atoms with E-state index >= 15 is 0 Å². The SMILES string of the molecule is CCCCCc1ccc2cc(N(c3ccccc3)c3ccc([N+](=O)[O-])cc3)ccc2c1. The summed E-state index contributed by atoms with van der Waals surface area (Å²) < 4.78 is 0. The highest BCUT2D eigenvalue weighted by molar-refractivity contribution is 5.89. The Balaban J connectivity index is 1.72. The highest BCUT2D eigenvalue weighted by Gasteiger charge is 2.14. The minimum Gasteiger partial charge on any atom is -0.310 e. The first-order valence-electron chi connectivity index (χ1n) is 10.8. The maximum atomic E-state index is 11.1. The van der Waals surface area contributed by atoms with Crippen molar-refractivity contribution in [1.82, 2.24) is 0 Å². The molecule has 0 amide bonds. The van der Waals surface area contributed by atoms with Crippen LogP contribution in [0.4, 0.5) is 22.7 Å². The van der Waals surface area contributed by atoms with Crippen molar-refractivity contribution in [3.8, 4) is 0 Å². The molecule has 0 atom stereocenters. The summed E-state index contributed by atoms with van der Waals surface area (Å²) in [5.41, 5.74) is 4.38. The molecule has 0 aliphatic heterocycles. The Morgan fingerprint density at radius 2 is 1.39 bits per heavy atom. The first kappa shape index (κ1) is 20.6. The number of non-ortho nitro benzene ring substituents is 1. The van der Waals surface area contributed by atoms with Crippen LogP contribution in [-0.2, 0) is 6.42 Å². The Labute approximate surface area is 182 Å². The van der Waals surface area contributed by atoms with E-state index in [1.54, 1.807) is 24.3 Å². The van der Waals surface area contributed by atoms with E-state index in [1.165, 1.54) is 35.6 Å². The first-order chi connectivity index (χ1) is 15.2. The zero-order valence-electron chi connectivity index (χ0n) is 17.7. The monoisotopic (exact) mass is 410 g/mol. The van der Waals surface area contributed by atoms with Crippen LogP contribution in [0, 0.1) is 10.1 Å². The molecule has 4 nitrogen and oxygen atoms in total. The van der Waals surface area contributed by atoms with E-state index < -0.39 is 0 Å². The van der Waals surface area contributed by atoms with E-state index in [0.717, 1.165) is 23.5 Å². The van der Waals surface area contributed by atoms with Crippen LogP contribution in [0.15, 0.2) is 91.0 Å². The van der Waals surface area contributed by atoms with Crippen molar-refractivity contribution >= 4 is 33.5 Å². The average molecular weight is 411 g/mol. The van der Waals surface area contributed by atoms with Crippen LogP contribution in [0.1, 0.15) is 31.7 Å². The van der Waals surface area contributed by atoms with Gasteiger partial charge in [-0.25, -0.2) is 0 Å². The third kappa shape index (κ3) is 4.75. The van der Waals surface area contributed by atoms with E-state index in [9.17, 15) is 10.1 Å². The van der Waals surface area contributed by atoms with Crippen molar-refractivity contribution in [2.45, 2.75) is 32.6 Å². The summed E-state index contributed by atoms with van der Waals surface area (Å²) >= 11 is 0. The number of rotatable bonds is 8. The number of hydrogen-bond acceptors (Lipinski definition) is 3. The van der Waals surface area contributed by atoms with Gasteiger partial charge in [-0.05, 0) is 65.6 Å². The topological polar surface area (TPSA) is 46.4 Å². The molecule has 0 saturated heterocycles. The van der Waals surface area contributed by atoms with E-state index in [0.29, 0.717) is 0 Å². The van der Waals surface area contributed by atoms with Crippen molar-refractivity contribution in [1.29, 1.82) is 0 Å². The van der Waals surface area contributed by atoms with Crippen molar-refractivity contribution in [3.05, 3.63) is 107 Å². The van der Waals surface area contributed by atoms with Crippen LogP contribution in [0.5, 0.6) is 0 Å². The molecule has 0 heterocycles. The standard InChI is InChI=1S/C27H26N2O2/c1-2-3-5-8-21-11-12-23-20-27(14-13-22(23)19-21)28(24-9-6-4-7-10-24)25-15-17-26(18-16-25)29(30)31/h4,6-7,9-20H,2-3,5,8H2,1H3. The van der Waals surface area contributed by atoms with Gasteiger partial charge in [0.05, 0.1) is 4.92 Å². The molecule has 0 N–H and O–H groups in total. The van der Waals surface area contributed by atoms with Gasteiger partial charge >= 0.3 is 0 Å². The molecule has 0 radical (unpaired) electrons. The Bertz CT molecular complexity index is 1170. The van der Waals surface area contributed by atoms with E-state index in [2.05, 4.69) is 48.2 Å². The summed E-state index contributed by atoms with van der Waals surface area (Å²) in [6.45, 7) is 2.23. The maximum absolute atomic E-state index is 11.1. The molecular formula is C27H26N2O2. The van der Waals surface area contributed by atoms with Gasteiger partial charge in [0.15, 0.2) is 0 Å². The van der Waals surface area contributed by atoms with E-state index in [-0.39, 0.29) is 10.6 Å². The minimum absolute atomic E-state index is 0.0888. The third-order valence-corrected chi connectivity index (χ3v) is 5.55. The number of anilines is 3. The lowest BCUT2D eigenvalue weighted by Gasteiger charge is -2.25. The normalized spacial score (nSPS) is 10.9. The lowest BCUT2D eigenvalue weighted by atomic mass is 10.0. The molecule has 0 aromatic heterocycles. The number of nitro benzene ring substituents is 1. The number of para-hydroxylation sites is 1. The average Bonchev–Trinajstić information content (AvgIpc) is 2.80. The summed E-state index contributed by atoms with van der Waals surface area (Å²) in [6, 6.07) is 29.9. The Morgan fingerprint density at radius 3 is 2.10 bits per heavy atom. The van der Waals surface area contributed by atoms with Crippen molar-refractivity contribution in [2.24, 2.45) is 0 Å². The summed E-state index contributed by atoms with van der Waals surface area (Å²) in [7, 11) is 0. The largest absolute Gasteiger partial charge is 0.310 e. The predicted molar refractivity (Wildman–Crippen MR) is 129 cm³/mol. The molecule has 0 aliphatic rings. The molecule has 31 heavy (non-hydrogen) atoms. The van der Waals surface area contributed by atoms with Gasteiger partial charge in [0.25, 0.3) is 5.69 Å². The van der Waals surface area contributed by atoms with Gasteiger partial charge in [-0.2, -0.15) is 0 Å². The van der Waals surface area contributed by atoms with Gasteiger partial charge < -0.3 is 4.90 Å². The number of nitrogens with zero attached hydrogens (tertiary/aromatic N) is 2. The van der Waals surface area contributed by atoms with E-state index in [4.69, 9.17) is 0 Å². The lowest BCUT2D eigenvalue weighted by molar-refractivity contribution is -0.384. The molecule has 0 aliphatic carbocycles. The van der Waals surface area contributed by atoms with Crippen LogP contribution < -0.4 is 4.90 Å². The minimum atomic E-state index is -0.370. The second kappa shape index (κ2) is 9.43. The second-order valence-electron chi connectivity index (χ2n) is 7.77. The maximum Gasteiger partial charge on any atom is 0.269 e. The van der Waals surface area contributed by atoms with Crippen LogP contribution in [0.2, 0.25) is 0 Å². The molecule has 0 fully saturated rings. The van der Waals surface area contributed by atoms with Crippen molar-refractivity contribution in [2.75, 3.05) is 4.90 Å². The van der Waals surface area contributed by atoms with E-state index in [1.807, 2.05) is 30.3 Å². The van der Waals surface area contributed by atoms with Crippen LogP contribution in [0.3, 0.4) is 0 Å². The molecule has 0 spiro atoms. The van der Waals surface area contributed by atoms with Crippen molar-refractivity contribution < 1.29 is 4.92 Å². The van der Waals surface area contributed by atoms with Crippen LogP contribution in [0.25, 0.3) is 10.8 Å². The van der Waals surface area contributed by atoms with Crippen LogP contribution >= 0.6 is 0 Å². The summed E-state index contributed by atoms with van der Waals surface area (Å²) in [5.74, 6) is 0. The Hall–Kier alpha value is -3.66. The summed E-state index contributed by atoms with van der Waals surface area (Å²) in [5, 5.41) is 13.5.